The summed E-state index contributed by atoms with van der Waals surface area (Å²) < 4.78 is 0. The van der Waals surface area contributed by atoms with E-state index < -0.39 is 0 Å². The van der Waals surface area contributed by atoms with Crippen molar-refractivity contribution in [3.63, 3.8) is 0 Å². The average Bonchev–Trinajstić information content (AvgIpc) is 2.39. The van der Waals surface area contributed by atoms with Gasteiger partial charge in [0.05, 0.1) is 0 Å². The van der Waals surface area contributed by atoms with Gasteiger partial charge in [-0.2, -0.15) is 0 Å². The number of alkyl halides is 1. The highest BCUT2D eigenvalue weighted by molar-refractivity contribution is 9.08. The van der Waals surface area contributed by atoms with E-state index in [1.54, 1.807) is 24.3 Å². The van der Waals surface area contributed by atoms with Crippen molar-refractivity contribution in [3.05, 3.63) is 64.7 Å². The minimum Gasteiger partial charge on any atom is -0.322 e. The van der Waals surface area contributed by atoms with Crippen LogP contribution >= 0.6 is 27.5 Å². The van der Waals surface area contributed by atoms with E-state index in [0.717, 1.165) is 16.6 Å². The number of hydrogen-bond donors (Lipinski definition) is 1. The standard InChI is InChI=1S/C14H11BrClNO/c15-9-10-4-6-13(7-5-10)17-14(18)11-2-1-3-12(16)8-11/h1-8H,9H2,(H,17,18). The molecular weight excluding hydrogens is 314 g/mol. The molecule has 0 spiro atoms. The maximum atomic E-state index is 11.9. The molecule has 0 heterocycles. The van der Waals surface area contributed by atoms with E-state index in [4.69, 9.17) is 11.6 Å². The van der Waals surface area contributed by atoms with Gasteiger partial charge in [0.2, 0.25) is 0 Å². The van der Waals surface area contributed by atoms with Crippen LogP contribution in [-0.4, -0.2) is 5.91 Å². The molecule has 1 N–H and O–H groups in total. The third-order valence-electron chi connectivity index (χ3n) is 2.45. The monoisotopic (exact) mass is 323 g/mol. The van der Waals surface area contributed by atoms with Gasteiger partial charge in [-0.25, -0.2) is 0 Å². The number of nitrogens with one attached hydrogen (secondary N) is 1. The van der Waals surface area contributed by atoms with Crippen LogP contribution in [0, 0.1) is 0 Å². The number of carbonyl (C=O) groups is 1. The highest BCUT2D eigenvalue weighted by atomic mass is 79.9. The number of rotatable bonds is 3. The van der Waals surface area contributed by atoms with Crippen molar-refractivity contribution in [1.82, 2.24) is 0 Å². The van der Waals surface area contributed by atoms with Crippen LogP contribution in [0.1, 0.15) is 15.9 Å². The molecule has 0 saturated heterocycles. The second-order valence-electron chi connectivity index (χ2n) is 3.80. The molecule has 0 unspecified atom stereocenters. The van der Waals surface area contributed by atoms with Crippen molar-refractivity contribution in [2.45, 2.75) is 5.33 Å². The Balaban J connectivity index is 2.11. The number of anilines is 1. The second-order valence-corrected chi connectivity index (χ2v) is 4.79. The van der Waals surface area contributed by atoms with Gasteiger partial charge >= 0.3 is 0 Å². The molecule has 0 saturated carbocycles. The Morgan fingerprint density at radius 3 is 2.50 bits per heavy atom. The molecule has 0 radical (unpaired) electrons. The van der Waals surface area contributed by atoms with Crippen molar-refractivity contribution in [3.8, 4) is 0 Å². The number of halogens is 2. The lowest BCUT2D eigenvalue weighted by Gasteiger charge is -2.06. The van der Waals surface area contributed by atoms with Crippen molar-refractivity contribution in [2.24, 2.45) is 0 Å². The van der Waals surface area contributed by atoms with E-state index in [0.29, 0.717) is 10.6 Å². The molecule has 4 heteroatoms. The summed E-state index contributed by atoms with van der Waals surface area (Å²) in [5, 5.41) is 4.18. The minimum atomic E-state index is -0.163. The van der Waals surface area contributed by atoms with Gasteiger partial charge in [-0.1, -0.05) is 45.7 Å². The third-order valence-corrected chi connectivity index (χ3v) is 3.34. The lowest BCUT2D eigenvalue weighted by atomic mass is 10.2. The molecule has 2 rings (SSSR count). The molecule has 0 atom stereocenters. The lowest BCUT2D eigenvalue weighted by molar-refractivity contribution is 0.102. The van der Waals surface area contributed by atoms with Crippen molar-refractivity contribution >= 4 is 39.1 Å². The molecule has 2 aromatic carbocycles. The highest BCUT2D eigenvalue weighted by Gasteiger charge is 2.06. The zero-order valence-corrected chi connectivity index (χ0v) is 11.8. The zero-order valence-electron chi connectivity index (χ0n) is 9.49. The predicted octanol–water partition coefficient (Wildman–Crippen LogP) is 4.49. The van der Waals surface area contributed by atoms with Gasteiger partial charge in [0.15, 0.2) is 0 Å². The summed E-state index contributed by atoms with van der Waals surface area (Å²) in [6.07, 6.45) is 0. The van der Waals surface area contributed by atoms with Gasteiger partial charge in [0, 0.05) is 21.6 Å². The molecule has 2 nitrogen and oxygen atoms in total. The van der Waals surface area contributed by atoms with Crippen LogP contribution in [0.3, 0.4) is 0 Å². The van der Waals surface area contributed by atoms with Gasteiger partial charge in [-0.15, -0.1) is 0 Å². The molecule has 0 fully saturated rings. The SMILES string of the molecule is O=C(Nc1ccc(CBr)cc1)c1cccc(Cl)c1. The summed E-state index contributed by atoms with van der Waals surface area (Å²) in [5.74, 6) is -0.163. The average molecular weight is 325 g/mol. The van der Waals surface area contributed by atoms with Gasteiger partial charge in [0.1, 0.15) is 0 Å². The normalized spacial score (nSPS) is 10.1. The second kappa shape index (κ2) is 6.03. The van der Waals surface area contributed by atoms with Gasteiger partial charge < -0.3 is 5.32 Å². The van der Waals surface area contributed by atoms with E-state index in [1.807, 2.05) is 24.3 Å². The van der Waals surface area contributed by atoms with Crippen LogP contribution in [0.15, 0.2) is 48.5 Å². The fraction of sp³-hybridized carbons (Fsp3) is 0.0714. The molecule has 0 aromatic heterocycles. The summed E-state index contributed by atoms with van der Waals surface area (Å²) in [6, 6.07) is 14.5. The lowest BCUT2D eigenvalue weighted by Crippen LogP contribution is -2.11. The van der Waals surface area contributed by atoms with Gasteiger partial charge in [-0.3, -0.25) is 4.79 Å². The molecule has 92 valence electrons. The van der Waals surface area contributed by atoms with Crippen LogP contribution in [-0.2, 0) is 5.33 Å². The van der Waals surface area contributed by atoms with E-state index in [1.165, 1.54) is 0 Å². The quantitative estimate of drug-likeness (QED) is 0.828. The fourth-order valence-corrected chi connectivity index (χ4v) is 2.07. The molecular formula is C14H11BrClNO. The third kappa shape index (κ3) is 3.34. The van der Waals surface area contributed by atoms with Crippen LogP contribution in [0.25, 0.3) is 0 Å². The highest BCUT2D eigenvalue weighted by Crippen LogP contribution is 2.15. The first-order chi connectivity index (χ1) is 8.69. The van der Waals surface area contributed by atoms with Gasteiger partial charge in [0.25, 0.3) is 5.91 Å². The first kappa shape index (κ1) is 13.1. The van der Waals surface area contributed by atoms with Crippen LogP contribution in [0.2, 0.25) is 5.02 Å². The predicted molar refractivity (Wildman–Crippen MR) is 78.5 cm³/mol. The van der Waals surface area contributed by atoms with E-state index >= 15 is 0 Å². The maximum Gasteiger partial charge on any atom is 0.255 e. The van der Waals surface area contributed by atoms with Crippen molar-refractivity contribution < 1.29 is 4.79 Å². The Morgan fingerprint density at radius 1 is 1.17 bits per heavy atom. The minimum absolute atomic E-state index is 0.163. The Labute approximate surface area is 119 Å². The number of amides is 1. The first-order valence-corrected chi connectivity index (χ1v) is 6.91. The first-order valence-electron chi connectivity index (χ1n) is 5.41. The topological polar surface area (TPSA) is 29.1 Å². The zero-order chi connectivity index (χ0) is 13.0. The largest absolute Gasteiger partial charge is 0.322 e. The van der Waals surface area contributed by atoms with E-state index in [-0.39, 0.29) is 5.91 Å². The van der Waals surface area contributed by atoms with E-state index in [2.05, 4.69) is 21.2 Å². The number of carbonyl (C=O) groups excluding carboxylic acids is 1. The molecule has 0 bridgehead atoms. The molecule has 1 amide bonds. The fourth-order valence-electron chi connectivity index (χ4n) is 1.51. The van der Waals surface area contributed by atoms with Crippen LogP contribution in [0.4, 0.5) is 5.69 Å². The summed E-state index contributed by atoms with van der Waals surface area (Å²) in [4.78, 5) is 11.9. The van der Waals surface area contributed by atoms with Crippen LogP contribution < -0.4 is 5.32 Å². The molecule has 2 aromatic rings. The maximum absolute atomic E-state index is 11.9. The Morgan fingerprint density at radius 2 is 1.89 bits per heavy atom. The van der Waals surface area contributed by atoms with Crippen molar-refractivity contribution in [2.75, 3.05) is 5.32 Å². The smallest absolute Gasteiger partial charge is 0.255 e. The van der Waals surface area contributed by atoms with Gasteiger partial charge in [-0.05, 0) is 35.9 Å². The van der Waals surface area contributed by atoms with E-state index in [9.17, 15) is 4.79 Å². The number of benzene rings is 2. The summed E-state index contributed by atoms with van der Waals surface area (Å²) in [7, 11) is 0. The summed E-state index contributed by atoms with van der Waals surface area (Å²) in [6.45, 7) is 0. The summed E-state index contributed by atoms with van der Waals surface area (Å²) >= 11 is 9.22. The molecule has 18 heavy (non-hydrogen) atoms. The molecule has 0 aliphatic heterocycles. The number of hydrogen-bond acceptors (Lipinski definition) is 1. The summed E-state index contributed by atoms with van der Waals surface area (Å²) in [5.41, 5.74) is 2.48. The van der Waals surface area contributed by atoms with Crippen LogP contribution in [0.5, 0.6) is 0 Å². The Bertz CT molecular complexity index is 554. The molecule has 0 aliphatic carbocycles. The van der Waals surface area contributed by atoms with Crippen molar-refractivity contribution in [1.29, 1.82) is 0 Å². The Hall–Kier alpha value is -1.32. The Kier molecular flexibility index (Phi) is 4.39. The molecule has 0 aliphatic rings.